The number of nitrogens with one attached hydrogen (secondary N) is 2. The molecule has 0 fully saturated rings. The second kappa shape index (κ2) is 5.95. The SMILES string of the molecule is CC(=O)N[C@@H](C(=O)Nc1ccc2oc(C)nc2c1)C(C)C. The van der Waals surface area contributed by atoms with E-state index in [1.165, 1.54) is 6.92 Å². The number of oxazole rings is 1. The average Bonchev–Trinajstić information content (AvgIpc) is 2.74. The van der Waals surface area contributed by atoms with Gasteiger partial charge in [-0.15, -0.1) is 0 Å². The number of hydrogen-bond donors (Lipinski definition) is 2. The van der Waals surface area contributed by atoms with E-state index < -0.39 is 6.04 Å². The van der Waals surface area contributed by atoms with E-state index in [-0.39, 0.29) is 17.7 Å². The number of hydrogen-bond acceptors (Lipinski definition) is 4. The molecule has 2 amide bonds. The Labute approximate surface area is 122 Å². The van der Waals surface area contributed by atoms with Gasteiger partial charge in [-0.3, -0.25) is 9.59 Å². The molecule has 1 aromatic heterocycles. The van der Waals surface area contributed by atoms with Gasteiger partial charge in [-0.25, -0.2) is 4.98 Å². The minimum Gasteiger partial charge on any atom is -0.441 e. The predicted octanol–water partition coefficient (Wildman–Crippen LogP) is 2.24. The number of anilines is 1. The Bertz CT molecular complexity index is 676. The number of amides is 2. The van der Waals surface area contributed by atoms with E-state index in [0.717, 1.165) is 0 Å². The van der Waals surface area contributed by atoms with E-state index in [1.54, 1.807) is 25.1 Å². The normalized spacial score (nSPS) is 12.4. The van der Waals surface area contributed by atoms with Crippen LogP contribution < -0.4 is 10.6 Å². The number of aryl methyl sites for hydroxylation is 1. The molecular formula is C15H19N3O3. The fourth-order valence-electron chi connectivity index (χ4n) is 2.09. The van der Waals surface area contributed by atoms with E-state index >= 15 is 0 Å². The largest absolute Gasteiger partial charge is 0.441 e. The number of nitrogens with zero attached hydrogens (tertiary/aromatic N) is 1. The molecule has 0 aliphatic rings. The molecule has 1 atom stereocenters. The lowest BCUT2D eigenvalue weighted by molar-refractivity contribution is -0.126. The van der Waals surface area contributed by atoms with Gasteiger partial charge in [0.25, 0.3) is 0 Å². The van der Waals surface area contributed by atoms with Gasteiger partial charge in [0, 0.05) is 19.5 Å². The highest BCUT2D eigenvalue weighted by Gasteiger charge is 2.23. The molecule has 2 aromatic rings. The van der Waals surface area contributed by atoms with Gasteiger partial charge >= 0.3 is 0 Å². The topological polar surface area (TPSA) is 84.2 Å². The molecular weight excluding hydrogens is 270 g/mol. The van der Waals surface area contributed by atoms with Crippen LogP contribution in [-0.2, 0) is 9.59 Å². The van der Waals surface area contributed by atoms with E-state index in [2.05, 4.69) is 15.6 Å². The first kappa shape index (κ1) is 15.0. The Balaban J connectivity index is 2.17. The maximum absolute atomic E-state index is 12.3. The zero-order valence-corrected chi connectivity index (χ0v) is 12.6. The fourth-order valence-corrected chi connectivity index (χ4v) is 2.09. The Hall–Kier alpha value is -2.37. The van der Waals surface area contributed by atoms with Crippen molar-refractivity contribution >= 4 is 28.6 Å². The summed E-state index contributed by atoms with van der Waals surface area (Å²) in [5, 5.41) is 5.45. The van der Waals surface area contributed by atoms with Crippen LogP contribution in [0.2, 0.25) is 0 Å². The standard InChI is InChI=1S/C15H19N3O3/c1-8(2)14(16-9(3)19)15(20)18-11-5-6-13-12(7-11)17-10(4)21-13/h5-8,14H,1-4H3,(H,16,19)(H,18,20)/t14-/m1/s1. The number of aromatic nitrogens is 1. The van der Waals surface area contributed by atoms with Crippen LogP contribution in [0, 0.1) is 12.8 Å². The van der Waals surface area contributed by atoms with Crippen LogP contribution in [0.5, 0.6) is 0 Å². The Kier molecular flexibility index (Phi) is 4.26. The van der Waals surface area contributed by atoms with E-state index in [0.29, 0.717) is 22.7 Å². The third-order valence-electron chi connectivity index (χ3n) is 3.07. The van der Waals surface area contributed by atoms with Crippen LogP contribution in [0.4, 0.5) is 5.69 Å². The molecule has 0 unspecified atom stereocenters. The summed E-state index contributed by atoms with van der Waals surface area (Å²) in [7, 11) is 0. The van der Waals surface area contributed by atoms with Gasteiger partial charge < -0.3 is 15.1 Å². The summed E-state index contributed by atoms with van der Waals surface area (Å²) in [5.74, 6) is 0.0879. The highest BCUT2D eigenvalue weighted by atomic mass is 16.3. The van der Waals surface area contributed by atoms with Crippen LogP contribution >= 0.6 is 0 Å². The second-order valence-corrected chi connectivity index (χ2v) is 5.33. The smallest absolute Gasteiger partial charge is 0.247 e. The van der Waals surface area contributed by atoms with Gasteiger partial charge in [-0.1, -0.05) is 13.8 Å². The molecule has 0 saturated carbocycles. The first-order valence-electron chi connectivity index (χ1n) is 6.82. The average molecular weight is 289 g/mol. The van der Waals surface area contributed by atoms with Crippen molar-refractivity contribution in [2.24, 2.45) is 5.92 Å². The molecule has 21 heavy (non-hydrogen) atoms. The van der Waals surface area contributed by atoms with Crippen molar-refractivity contribution in [1.82, 2.24) is 10.3 Å². The summed E-state index contributed by atoms with van der Waals surface area (Å²) >= 11 is 0. The minimum atomic E-state index is -0.572. The minimum absolute atomic E-state index is 0.00748. The van der Waals surface area contributed by atoms with Crippen LogP contribution in [0.25, 0.3) is 11.1 Å². The maximum atomic E-state index is 12.3. The molecule has 0 saturated heterocycles. The third kappa shape index (κ3) is 3.59. The zero-order chi connectivity index (χ0) is 15.6. The lowest BCUT2D eigenvalue weighted by Crippen LogP contribution is -2.46. The molecule has 1 heterocycles. The summed E-state index contributed by atoms with van der Waals surface area (Å²) < 4.78 is 5.39. The Morgan fingerprint density at radius 3 is 2.62 bits per heavy atom. The molecule has 0 bridgehead atoms. The molecule has 1 aromatic carbocycles. The zero-order valence-electron chi connectivity index (χ0n) is 12.6. The first-order valence-corrected chi connectivity index (χ1v) is 6.82. The van der Waals surface area contributed by atoms with Crippen molar-refractivity contribution in [2.75, 3.05) is 5.32 Å². The van der Waals surface area contributed by atoms with Gasteiger partial charge in [0.15, 0.2) is 11.5 Å². The van der Waals surface area contributed by atoms with Gasteiger partial charge in [-0.05, 0) is 24.1 Å². The van der Waals surface area contributed by atoms with Crippen molar-refractivity contribution in [3.63, 3.8) is 0 Å². The highest BCUT2D eigenvalue weighted by Crippen LogP contribution is 2.20. The first-order chi connectivity index (χ1) is 9.86. The predicted molar refractivity (Wildman–Crippen MR) is 79.8 cm³/mol. The molecule has 0 aliphatic carbocycles. The lowest BCUT2D eigenvalue weighted by atomic mass is 10.0. The van der Waals surface area contributed by atoms with E-state index in [4.69, 9.17) is 4.42 Å². The Morgan fingerprint density at radius 2 is 2.00 bits per heavy atom. The monoisotopic (exact) mass is 289 g/mol. The highest BCUT2D eigenvalue weighted by molar-refractivity contribution is 5.98. The van der Waals surface area contributed by atoms with Crippen molar-refractivity contribution < 1.29 is 14.0 Å². The maximum Gasteiger partial charge on any atom is 0.247 e. The number of fused-ring (bicyclic) bond motifs is 1. The molecule has 0 aliphatic heterocycles. The molecule has 6 nitrogen and oxygen atoms in total. The van der Waals surface area contributed by atoms with E-state index in [1.807, 2.05) is 13.8 Å². The molecule has 0 spiro atoms. The van der Waals surface area contributed by atoms with Gasteiger partial charge in [-0.2, -0.15) is 0 Å². The van der Waals surface area contributed by atoms with Crippen LogP contribution in [-0.4, -0.2) is 22.8 Å². The van der Waals surface area contributed by atoms with Crippen molar-refractivity contribution in [2.45, 2.75) is 33.7 Å². The summed E-state index contributed by atoms with van der Waals surface area (Å²) in [5.41, 5.74) is 1.98. The van der Waals surface area contributed by atoms with Crippen molar-refractivity contribution in [3.05, 3.63) is 24.1 Å². The fraction of sp³-hybridized carbons (Fsp3) is 0.400. The molecule has 0 radical (unpaired) electrons. The summed E-state index contributed by atoms with van der Waals surface area (Å²) in [6.45, 7) is 6.92. The summed E-state index contributed by atoms with van der Waals surface area (Å²) in [6, 6.07) is 4.68. The van der Waals surface area contributed by atoms with Gasteiger partial charge in [0.05, 0.1) is 0 Å². The second-order valence-electron chi connectivity index (χ2n) is 5.33. The summed E-state index contributed by atoms with van der Waals surface area (Å²) in [6.07, 6.45) is 0. The molecule has 6 heteroatoms. The summed E-state index contributed by atoms with van der Waals surface area (Å²) in [4.78, 5) is 27.7. The van der Waals surface area contributed by atoms with Crippen molar-refractivity contribution in [1.29, 1.82) is 0 Å². The van der Waals surface area contributed by atoms with E-state index in [9.17, 15) is 9.59 Å². The van der Waals surface area contributed by atoms with Gasteiger partial charge in [0.2, 0.25) is 11.8 Å². The number of carbonyl (C=O) groups excluding carboxylic acids is 2. The van der Waals surface area contributed by atoms with Crippen LogP contribution in [0.1, 0.15) is 26.7 Å². The molecule has 112 valence electrons. The third-order valence-corrected chi connectivity index (χ3v) is 3.07. The molecule has 2 N–H and O–H groups in total. The van der Waals surface area contributed by atoms with Crippen LogP contribution in [0.15, 0.2) is 22.6 Å². The Morgan fingerprint density at radius 1 is 1.29 bits per heavy atom. The molecule has 2 rings (SSSR count). The van der Waals surface area contributed by atoms with Gasteiger partial charge in [0.1, 0.15) is 11.6 Å². The number of carbonyl (C=O) groups is 2. The van der Waals surface area contributed by atoms with Crippen LogP contribution in [0.3, 0.4) is 0 Å². The number of rotatable bonds is 4. The van der Waals surface area contributed by atoms with Crippen molar-refractivity contribution in [3.8, 4) is 0 Å². The lowest BCUT2D eigenvalue weighted by Gasteiger charge is -2.20. The quantitative estimate of drug-likeness (QED) is 0.904. The number of benzene rings is 1.